The predicted octanol–water partition coefficient (Wildman–Crippen LogP) is 0.719. The molecule has 3 nitrogen and oxygen atoms in total. The van der Waals surface area contributed by atoms with Crippen molar-refractivity contribution in [1.82, 2.24) is 4.90 Å². The number of alkyl halides is 1. The SMILES string of the molecule is N/C(=C\S)CN1CCC(F)(C=O)CC1. The van der Waals surface area contributed by atoms with Crippen molar-refractivity contribution >= 4 is 18.9 Å². The van der Waals surface area contributed by atoms with Gasteiger partial charge in [-0.1, -0.05) is 0 Å². The van der Waals surface area contributed by atoms with Crippen LogP contribution in [0.15, 0.2) is 11.1 Å². The fraction of sp³-hybridized carbons (Fsp3) is 0.667. The summed E-state index contributed by atoms with van der Waals surface area (Å²) in [6.45, 7) is 1.73. The molecule has 0 saturated carbocycles. The van der Waals surface area contributed by atoms with Gasteiger partial charge in [0, 0.05) is 38.2 Å². The van der Waals surface area contributed by atoms with Gasteiger partial charge in [-0.3, -0.25) is 9.69 Å². The maximum Gasteiger partial charge on any atom is 0.168 e. The fourth-order valence-corrected chi connectivity index (χ4v) is 1.58. The van der Waals surface area contributed by atoms with Crippen molar-refractivity contribution in [2.24, 2.45) is 5.73 Å². The minimum absolute atomic E-state index is 0.260. The van der Waals surface area contributed by atoms with Crippen LogP contribution in [0.1, 0.15) is 12.8 Å². The van der Waals surface area contributed by atoms with Gasteiger partial charge in [0.15, 0.2) is 12.0 Å². The van der Waals surface area contributed by atoms with Crippen molar-refractivity contribution in [2.75, 3.05) is 19.6 Å². The molecule has 1 aliphatic heterocycles. The summed E-state index contributed by atoms with van der Waals surface area (Å²) >= 11 is 3.92. The molecule has 0 aromatic heterocycles. The van der Waals surface area contributed by atoms with Crippen LogP contribution in [0, 0.1) is 0 Å². The molecule has 0 bridgehead atoms. The number of hydrogen-bond donors (Lipinski definition) is 2. The summed E-state index contributed by atoms with van der Waals surface area (Å²) in [5, 5.41) is 1.54. The Bertz CT molecular complexity index is 237. The number of aldehydes is 1. The van der Waals surface area contributed by atoms with E-state index in [2.05, 4.69) is 12.6 Å². The topological polar surface area (TPSA) is 46.3 Å². The minimum atomic E-state index is -1.62. The van der Waals surface area contributed by atoms with Crippen molar-refractivity contribution in [3.05, 3.63) is 11.1 Å². The number of nitrogens with two attached hydrogens (primary N) is 1. The van der Waals surface area contributed by atoms with E-state index in [1.54, 1.807) is 0 Å². The van der Waals surface area contributed by atoms with E-state index in [0.717, 1.165) is 0 Å². The molecule has 1 fully saturated rings. The van der Waals surface area contributed by atoms with Gasteiger partial charge in [0.2, 0.25) is 0 Å². The highest BCUT2D eigenvalue weighted by Gasteiger charge is 2.33. The number of rotatable bonds is 3. The van der Waals surface area contributed by atoms with Gasteiger partial charge in [0.1, 0.15) is 0 Å². The zero-order valence-electron chi connectivity index (χ0n) is 7.95. The molecule has 80 valence electrons. The quantitative estimate of drug-likeness (QED) is 0.542. The van der Waals surface area contributed by atoms with Crippen LogP contribution < -0.4 is 5.73 Å². The van der Waals surface area contributed by atoms with E-state index in [0.29, 0.717) is 31.6 Å². The molecule has 1 aliphatic rings. The average molecular weight is 218 g/mol. The first-order chi connectivity index (χ1) is 6.59. The Hall–Kier alpha value is -0.550. The summed E-state index contributed by atoms with van der Waals surface area (Å²) in [6, 6.07) is 0. The van der Waals surface area contributed by atoms with Gasteiger partial charge in [-0.05, 0) is 5.41 Å². The zero-order chi connectivity index (χ0) is 10.6. The molecule has 0 radical (unpaired) electrons. The number of likely N-dealkylation sites (tertiary alicyclic amines) is 1. The van der Waals surface area contributed by atoms with Crippen LogP contribution in [0.2, 0.25) is 0 Å². The Kier molecular flexibility index (Phi) is 3.95. The van der Waals surface area contributed by atoms with Crippen LogP contribution in [0.25, 0.3) is 0 Å². The summed E-state index contributed by atoms with van der Waals surface area (Å²) in [4.78, 5) is 12.4. The minimum Gasteiger partial charge on any atom is -0.401 e. The van der Waals surface area contributed by atoms with Crippen LogP contribution in [0.3, 0.4) is 0 Å². The van der Waals surface area contributed by atoms with Gasteiger partial charge in [0.25, 0.3) is 0 Å². The number of piperidine rings is 1. The molecule has 0 spiro atoms. The number of nitrogens with zero attached hydrogens (tertiary/aromatic N) is 1. The highest BCUT2D eigenvalue weighted by atomic mass is 32.1. The number of halogens is 1. The number of carbonyl (C=O) groups excluding carboxylic acids is 1. The first-order valence-electron chi connectivity index (χ1n) is 4.56. The van der Waals surface area contributed by atoms with E-state index in [1.165, 1.54) is 5.41 Å². The summed E-state index contributed by atoms with van der Waals surface area (Å²) in [5.41, 5.74) is 4.63. The third-order valence-corrected chi connectivity index (χ3v) is 2.80. The molecule has 5 heteroatoms. The molecule has 0 atom stereocenters. The monoisotopic (exact) mass is 218 g/mol. The van der Waals surface area contributed by atoms with Gasteiger partial charge < -0.3 is 5.73 Å². The average Bonchev–Trinajstić information content (AvgIpc) is 2.21. The Morgan fingerprint density at radius 2 is 2.14 bits per heavy atom. The Morgan fingerprint density at radius 3 is 2.57 bits per heavy atom. The van der Waals surface area contributed by atoms with E-state index < -0.39 is 5.67 Å². The third kappa shape index (κ3) is 2.99. The molecular formula is C9H15FN2OS. The fourth-order valence-electron chi connectivity index (χ4n) is 1.50. The second-order valence-corrected chi connectivity index (χ2v) is 3.89. The summed E-state index contributed by atoms with van der Waals surface area (Å²) < 4.78 is 13.4. The van der Waals surface area contributed by atoms with E-state index in [4.69, 9.17) is 5.73 Å². The molecule has 0 amide bonds. The van der Waals surface area contributed by atoms with Gasteiger partial charge >= 0.3 is 0 Å². The van der Waals surface area contributed by atoms with Crippen LogP contribution in [0.5, 0.6) is 0 Å². The Balaban J connectivity index is 2.40. The van der Waals surface area contributed by atoms with Crippen molar-refractivity contribution in [3.8, 4) is 0 Å². The van der Waals surface area contributed by atoms with Crippen LogP contribution >= 0.6 is 12.6 Å². The number of thiol groups is 1. The van der Waals surface area contributed by atoms with Crippen LogP contribution in [0.4, 0.5) is 4.39 Å². The van der Waals surface area contributed by atoms with Gasteiger partial charge in [-0.2, -0.15) is 0 Å². The lowest BCUT2D eigenvalue weighted by atomic mass is 9.95. The zero-order valence-corrected chi connectivity index (χ0v) is 8.84. The second kappa shape index (κ2) is 4.79. The lowest BCUT2D eigenvalue weighted by molar-refractivity contribution is -0.120. The normalized spacial score (nSPS) is 23.4. The second-order valence-electron chi connectivity index (χ2n) is 3.63. The number of hydrogen-bond acceptors (Lipinski definition) is 4. The summed E-state index contributed by atoms with van der Waals surface area (Å²) in [7, 11) is 0. The van der Waals surface area contributed by atoms with Crippen molar-refractivity contribution in [3.63, 3.8) is 0 Å². The number of carbonyl (C=O) groups is 1. The van der Waals surface area contributed by atoms with Gasteiger partial charge in [-0.15, -0.1) is 12.6 Å². The van der Waals surface area contributed by atoms with Gasteiger partial charge in [0.05, 0.1) is 0 Å². The van der Waals surface area contributed by atoms with Crippen LogP contribution in [-0.2, 0) is 4.79 Å². The molecule has 1 rings (SSSR count). The largest absolute Gasteiger partial charge is 0.401 e. The van der Waals surface area contributed by atoms with E-state index >= 15 is 0 Å². The van der Waals surface area contributed by atoms with Crippen LogP contribution in [-0.4, -0.2) is 36.5 Å². The maximum absolute atomic E-state index is 13.4. The molecule has 0 aromatic rings. The standard InChI is InChI=1S/C9H15FN2OS/c10-9(7-13)1-3-12(4-2-9)5-8(11)6-14/h6-7,14H,1-5,11H2/b8-6-. The molecular weight excluding hydrogens is 203 g/mol. The smallest absolute Gasteiger partial charge is 0.168 e. The van der Waals surface area contributed by atoms with Gasteiger partial charge in [-0.25, -0.2) is 4.39 Å². The third-order valence-electron chi connectivity index (χ3n) is 2.47. The van der Waals surface area contributed by atoms with Crippen molar-refractivity contribution in [1.29, 1.82) is 0 Å². The highest BCUT2D eigenvalue weighted by Crippen LogP contribution is 2.24. The first-order valence-corrected chi connectivity index (χ1v) is 5.07. The summed E-state index contributed by atoms with van der Waals surface area (Å²) in [5.74, 6) is 0. The lowest BCUT2D eigenvalue weighted by Crippen LogP contribution is -2.43. The van der Waals surface area contributed by atoms with E-state index in [9.17, 15) is 9.18 Å². The highest BCUT2D eigenvalue weighted by molar-refractivity contribution is 7.83. The molecule has 0 aromatic carbocycles. The molecule has 0 aliphatic carbocycles. The molecule has 1 saturated heterocycles. The van der Waals surface area contributed by atoms with Crippen molar-refractivity contribution < 1.29 is 9.18 Å². The predicted molar refractivity (Wildman–Crippen MR) is 56.8 cm³/mol. The molecule has 0 unspecified atom stereocenters. The van der Waals surface area contributed by atoms with Crippen molar-refractivity contribution in [2.45, 2.75) is 18.5 Å². The van der Waals surface area contributed by atoms with E-state index in [-0.39, 0.29) is 12.8 Å². The molecule has 1 heterocycles. The Morgan fingerprint density at radius 1 is 1.57 bits per heavy atom. The van der Waals surface area contributed by atoms with E-state index in [1.807, 2.05) is 4.90 Å². The summed E-state index contributed by atoms with van der Waals surface area (Å²) in [6.07, 6.45) is 0.939. The maximum atomic E-state index is 13.4. The molecule has 2 N–H and O–H groups in total. The molecule has 14 heavy (non-hydrogen) atoms. The Labute approximate surface area is 88.5 Å². The first kappa shape index (κ1) is 11.5. The lowest BCUT2D eigenvalue weighted by Gasteiger charge is -2.33.